The summed E-state index contributed by atoms with van der Waals surface area (Å²) >= 11 is 0. The van der Waals surface area contributed by atoms with Crippen LogP contribution < -0.4 is 0 Å². The zero-order valence-corrected chi connectivity index (χ0v) is 11.2. The monoisotopic (exact) mass is 228 g/mol. The first-order valence-corrected chi connectivity index (χ1v) is 6.78. The number of rotatable bonds is 2. The Hall–Kier alpha value is -0.120. The number of hydrogen-bond acceptors (Lipinski definition) is 3. The molecule has 1 heterocycles. The van der Waals surface area contributed by atoms with Crippen molar-refractivity contribution in [3.8, 4) is 0 Å². The lowest BCUT2D eigenvalue weighted by Crippen LogP contribution is -2.34. The molecule has 3 nitrogen and oxygen atoms in total. The van der Waals surface area contributed by atoms with Gasteiger partial charge >= 0.3 is 0 Å². The minimum atomic E-state index is 0.645. The van der Waals surface area contributed by atoms with Gasteiger partial charge in [-0.3, -0.25) is 4.90 Å². The highest BCUT2D eigenvalue weighted by atomic mass is 16.5. The third kappa shape index (κ3) is 5.28. The van der Waals surface area contributed by atoms with Gasteiger partial charge in [0, 0.05) is 19.1 Å². The van der Waals surface area contributed by atoms with E-state index in [0.717, 1.165) is 32.8 Å². The van der Waals surface area contributed by atoms with Gasteiger partial charge in [0.2, 0.25) is 0 Å². The van der Waals surface area contributed by atoms with Crippen molar-refractivity contribution in [1.29, 1.82) is 0 Å². The minimum Gasteiger partial charge on any atom is -0.379 e. The van der Waals surface area contributed by atoms with Gasteiger partial charge in [-0.2, -0.15) is 0 Å². The highest BCUT2D eigenvalue weighted by Gasteiger charge is 2.10. The number of nitrogens with zero attached hydrogens (tertiary/aromatic N) is 2. The van der Waals surface area contributed by atoms with E-state index in [2.05, 4.69) is 30.6 Å². The summed E-state index contributed by atoms with van der Waals surface area (Å²) < 4.78 is 5.69. The molecular formula is C13H28N2O. The van der Waals surface area contributed by atoms with Crippen molar-refractivity contribution in [2.24, 2.45) is 0 Å². The Morgan fingerprint density at radius 1 is 1.00 bits per heavy atom. The van der Waals surface area contributed by atoms with Crippen molar-refractivity contribution in [1.82, 2.24) is 9.80 Å². The third-order valence-corrected chi connectivity index (χ3v) is 3.42. The van der Waals surface area contributed by atoms with Crippen LogP contribution >= 0.6 is 0 Å². The molecule has 0 aromatic rings. The predicted octanol–water partition coefficient (Wildman–Crippen LogP) is 1.83. The Morgan fingerprint density at radius 3 is 2.38 bits per heavy atom. The van der Waals surface area contributed by atoms with Crippen LogP contribution in [0.15, 0.2) is 0 Å². The van der Waals surface area contributed by atoms with Crippen molar-refractivity contribution in [2.75, 3.05) is 45.9 Å². The SMILES string of the molecule is CCN1CCCCN(C(C)C)CCOCC1. The lowest BCUT2D eigenvalue weighted by molar-refractivity contribution is 0.0820. The molecule has 16 heavy (non-hydrogen) atoms. The molecule has 0 aliphatic carbocycles. The van der Waals surface area contributed by atoms with Gasteiger partial charge in [-0.1, -0.05) is 6.92 Å². The van der Waals surface area contributed by atoms with E-state index in [4.69, 9.17) is 4.74 Å². The summed E-state index contributed by atoms with van der Waals surface area (Å²) in [6.07, 6.45) is 2.63. The molecule has 0 saturated carbocycles. The average molecular weight is 228 g/mol. The molecule has 0 bridgehead atoms. The summed E-state index contributed by atoms with van der Waals surface area (Å²) in [5, 5.41) is 0. The quantitative estimate of drug-likeness (QED) is 0.717. The van der Waals surface area contributed by atoms with Crippen LogP contribution in [0.25, 0.3) is 0 Å². The Kier molecular flexibility index (Phi) is 7.01. The first kappa shape index (κ1) is 13.9. The fraction of sp³-hybridized carbons (Fsp3) is 1.00. The van der Waals surface area contributed by atoms with Crippen molar-refractivity contribution < 1.29 is 4.74 Å². The second-order valence-corrected chi connectivity index (χ2v) is 4.88. The number of hydrogen-bond donors (Lipinski definition) is 0. The maximum Gasteiger partial charge on any atom is 0.0594 e. The van der Waals surface area contributed by atoms with E-state index in [1.54, 1.807) is 0 Å². The molecule has 0 amide bonds. The Balaban J connectivity index is 2.35. The summed E-state index contributed by atoms with van der Waals surface area (Å²) in [6.45, 7) is 14.3. The van der Waals surface area contributed by atoms with Gasteiger partial charge in [-0.25, -0.2) is 0 Å². The van der Waals surface area contributed by atoms with E-state index < -0.39 is 0 Å². The zero-order valence-electron chi connectivity index (χ0n) is 11.2. The second kappa shape index (κ2) is 8.04. The standard InChI is InChI=1S/C13H28N2O/c1-4-14-7-5-6-8-15(13(2)3)10-12-16-11-9-14/h13H,4-12H2,1-3H3. The summed E-state index contributed by atoms with van der Waals surface area (Å²) in [5.41, 5.74) is 0. The fourth-order valence-corrected chi connectivity index (χ4v) is 2.18. The predicted molar refractivity (Wildman–Crippen MR) is 68.9 cm³/mol. The summed E-state index contributed by atoms with van der Waals surface area (Å²) in [6, 6.07) is 0.645. The van der Waals surface area contributed by atoms with Gasteiger partial charge in [0.15, 0.2) is 0 Å². The highest BCUT2D eigenvalue weighted by molar-refractivity contribution is 4.65. The molecule has 96 valence electrons. The maximum absolute atomic E-state index is 5.69. The molecule has 1 aliphatic rings. The Labute approximate surface area is 101 Å². The largest absolute Gasteiger partial charge is 0.379 e. The summed E-state index contributed by atoms with van der Waals surface area (Å²) in [7, 11) is 0. The molecule has 0 N–H and O–H groups in total. The van der Waals surface area contributed by atoms with Crippen LogP contribution in [0.1, 0.15) is 33.6 Å². The van der Waals surface area contributed by atoms with Crippen LogP contribution in [-0.4, -0.2) is 61.8 Å². The van der Waals surface area contributed by atoms with E-state index in [1.165, 1.54) is 25.9 Å². The highest BCUT2D eigenvalue weighted by Crippen LogP contribution is 2.04. The van der Waals surface area contributed by atoms with Crippen molar-refractivity contribution >= 4 is 0 Å². The van der Waals surface area contributed by atoms with Gasteiger partial charge in [0.1, 0.15) is 0 Å². The normalized spacial score (nSPS) is 23.2. The first-order valence-electron chi connectivity index (χ1n) is 6.78. The average Bonchev–Trinajstić information content (AvgIpc) is 2.32. The third-order valence-electron chi connectivity index (χ3n) is 3.42. The lowest BCUT2D eigenvalue weighted by Gasteiger charge is -2.25. The van der Waals surface area contributed by atoms with Gasteiger partial charge in [0.05, 0.1) is 13.2 Å². The number of likely N-dealkylation sites (N-methyl/N-ethyl adjacent to an activating group) is 1. The van der Waals surface area contributed by atoms with Crippen LogP contribution in [0.4, 0.5) is 0 Å². The van der Waals surface area contributed by atoms with E-state index >= 15 is 0 Å². The molecule has 1 aliphatic heterocycles. The van der Waals surface area contributed by atoms with Crippen LogP contribution in [0.3, 0.4) is 0 Å². The smallest absolute Gasteiger partial charge is 0.0594 e. The molecule has 0 aromatic carbocycles. The molecule has 1 rings (SSSR count). The number of ether oxygens (including phenoxy) is 1. The molecule has 0 spiro atoms. The van der Waals surface area contributed by atoms with Crippen molar-refractivity contribution in [3.05, 3.63) is 0 Å². The lowest BCUT2D eigenvalue weighted by atomic mass is 10.2. The fourth-order valence-electron chi connectivity index (χ4n) is 2.18. The summed E-state index contributed by atoms with van der Waals surface area (Å²) in [4.78, 5) is 5.02. The van der Waals surface area contributed by atoms with Crippen LogP contribution in [0.2, 0.25) is 0 Å². The minimum absolute atomic E-state index is 0.645. The van der Waals surface area contributed by atoms with E-state index in [0.29, 0.717) is 6.04 Å². The van der Waals surface area contributed by atoms with Crippen molar-refractivity contribution in [3.63, 3.8) is 0 Å². The van der Waals surface area contributed by atoms with Crippen LogP contribution in [0, 0.1) is 0 Å². The molecule has 0 atom stereocenters. The molecule has 0 unspecified atom stereocenters. The summed E-state index contributed by atoms with van der Waals surface area (Å²) in [5.74, 6) is 0. The van der Waals surface area contributed by atoms with E-state index in [9.17, 15) is 0 Å². The molecule has 1 fully saturated rings. The molecule has 1 saturated heterocycles. The van der Waals surface area contributed by atoms with Gasteiger partial charge in [-0.05, 0) is 46.3 Å². The van der Waals surface area contributed by atoms with Gasteiger partial charge < -0.3 is 9.64 Å². The zero-order chi connectivity index (χ0) is 11.8. The van der Waals surface area contributed by atoms with E-state index in [1.807, 2.05) is 0 Å². The molecule has 0 radical (unpaired) electrons. The topological polar surface area (TPSA) is 15.7 Å². The Bertz CT molecular complexity index is 173. The molecule has 3 heteroatoms. The maximum atomic E-state index is 5.69. The molecule has 0 aromatic heterocycles. The van der Waals surface area contributed by atoms with Crippen molar-refractivity contribution in [2.45, 2.75) is 39.7 Å². The molecular weight excluding hydrogens is 200 g/mol. The van der Waals surface area contributed by atoms with Gasteiger partial charge in [0.25, 0.3) is 0 Å². The second-order valence-electron chi connectivity index (χ2n) is 4.88. The van der Waals surface area contributed by atoms with Crippen LogP contribution in [0.5, 0.6) is 0 Å². The van der Waals surface area contributed by atoms with E-state index in [-0.39, 0.29) is 0 Å². The van der Waals surface area contributed by atoms with Crippen LogP contribution in [-0.2, 0) is 4.74 Å². The first-order chi connectivity index (χ1) is 7.74. The Morgan fingerprint density at radius 2 is 1.69 bits per heavy atom. The van der Waals surface area contributed by atoms with Gasteiger partial charge in [-0.15, -0.1) is 0 Å².